The predicted molar refractivity (Wildman–Crippen MR) is 82.8 cm³/mol. The molecule has 1 saturated carbocycles. The number of allylic oxidation sites excluding steroid dienone is 1. The first-order valence-electron chi connectivity index (χ1n) is 7.40. The molecule has 1 fully saturated rings. The van der Waals surface area contributed by atoms with E-state index in [2.05, 4.69) is 20.8 Å². The second-order valence-electron chi connectivity index (χ2n) is 6.14. The van der Waals surface area contributed by atoms with Gasteiger partial charge in [0.05, 0.1) is 4.92 Å². The number of Topliss-reactive ketones (excluding diaryl/α,β-unsaturated/α-hetero) is 1. The predicted octanol–water partition coefficient (Wildman–Crippen LogP) is 4.25. The van der Waals surface area contributed by atoms with Gasteiger partial charge in [-0.15, -0.1) is 0 Å². The quantitative estimate of drug-likeness (QED) is 0.474. The highest BCUT2D eigenvalue weighted by Gasteiger charge is 2.32. The second-order valence-corrected chi connectivity index (χ2v) is 6.14. The van der Waals surface area contributed by atoms with Gasteiger partial charge in [-0.1, -0.05) is 32.9 Å². The Morgan fingerprint density at radius 1 is 1.33 bits per heavy atom. The summed E-state index contributed by atoms with van der Waals surface area (Å²) in [5, 5.41) is 10.8. The zero-order chi connectivity index (χ0) is 15.6. The fourth-order valence-electron chi connectivity index (χ4n) is 2.93. The van der Waals surface area contributed by atoms with Crippen LogP contribution in [0.3, 0.4) is 0 Å². The van der Waals surface area contributed by atoms with Crippen LogP contribution in [0.25, 0.3) is 6.08 Å². The molecule has 21 heavy (non-hydrogen) atoms. The van der Waals surface area contributed by atoms with Crippen LogP contribution in [0.4, 0.5) is 5.69 Å². The van der Waals surface area contributed by atoms with Crippen LogP contribution in [0.5, 0.6) is 0 Å². The monoisotopic (exact) mass is 287 g/mol. The van der Waals surface area contributed by atoms with Crippen LogP contribution in [0, 0.1) is 27.9 Å². The van der Waals surface area contributed by atoms with Gasteiger partial charge in [0, 0.05) is 18.1 Å². The van der Waals surface area contributed by atoms with Gasteiger partial charge in [0.2, 0.25) is 0 Å². The third-order valence-corrected chi connectivity index (χ3v) is 4.27. The molecule has 0 N–H and O–H groups in total. The minimum Gasteiger partial charge on any atom is -0.294 e. The molecule has 4 heteroatoms. The van der Waals surface area contributed by atoms with Crippen molar-refractivity contribution < 1.29 is 9.72 Å². The van der Waals surface area contributed by atoms with Crippen LogP contribution in [0.15, 0.2) is 29.8 Å². The average molecular weight is 287 g/mol. The smallest absolute Gasteiger partial charge is 0.270 e. The number of nitro groups is 1. The molecule has 0 amide bonds. The maximum Gasteiger partial charge on any atom is 0.270 e. The molecule has 0 radical (unpaired) electrons. The maximum atomic E-state index is 12.6. The van der Waals surface area contributed by atoms with Crippen LogP contribution < -0.4 is 0 Å². The molecular formula is C17H21NO3. The Bertz CT molecular complexity index is 589. The Kier molecular flexibility index (Phi) is 4.56. The first-order valence-corrected chi connectivity index (χ1v) is 7.40. The minimum absolute atomic E-state index is 0.0562. The van der Waals surface area contributed by atoms with Gasteiger partial charge in [0.15, 0.2) is 5.78 Å². The van der Waals surface area contributed by atoms with Gasteiger partial charge in [0.25, 0.3) is 5.69 Å². The number of hydrogen-bond acceptors (Lipinski definition) is 3. The summed E-state index contributed by atoms with van der Waals surface area (Å²) in [4.78, 5) is 23.0. The number of ketones is 1. The van der Waals surface area contributed by atoms with E-state index in [-0.39, 0.29) is 23.3 Å². The van der Waals surface area contributed by atoms with Gasteiger partial charge in [0.1, 0.15) is 0 Å². The number of nitrogens with zero attached hydrogens (tertiary/aromatic N) is 1. The van der Waals surface area contributed by atoms with E-state index in [9.17, 15) is 14.9 Å². The number of carbonyl (C=O) groups excluding carboxylic acids is 1. The van der Waals surface area contributed by atoms with Crippen molar-refractivity contribution in [3.8, 4) is 0 Å². The molecule has 1 aromatic carbocycles. The van der Waals surface area contributed by atoms with Crippen LogP contribution in [-0.4, -0.2) is 10.7 Å². The summed E-state index contributed by atoms with van der Waals surface area (Å²) in [6.07, 6.45) is 3.76. The van der Waals surface area contributed by atoms with Gasteiger partial charge < -0.3 is 0 Å². The third-order valence-electron chi connectivity index (χ3n) is 4.27. The second kappa shape index (κ2) is 6.20. The average Bonchev–Trinajstić information content (AvgIpc) is 2.43. The maximum absolute atomic E-state index is 12.6. The van der Waals surface area contributed by atoms with Gasteiger partial charge in [-0.3, -0.25) is 14.9 Å². The first-order chi connectivity index (χ1) is 9.90. The van der Waals surface area contributed by atoms with Crippen molar-refractivity contribution in [3.05, 3.63) is 45.5 Å². The highest BCUT2D eigenvalue weighted by Crippen LogP contribution is 2.35. The van der Waals surface area contributed by atoms with Gasteiger partial charge in [-0.2, -0.15) is 0 Å². The number of hydrogen-bond donors (Lipinski definition) is 0. The zero-order valence-electron chi connectivity index (χ0n) is 12.7. The van der Waals surface area contributed by atoms with E-state index in [1.807, 2.05) is 6.08 Å². The van der Waals surface area contributed by atoms with Crippen molar-refractivity contribution in [2.75, 3.05) is 0 Å². The Hall–Kier alpha value is -1.97. The standard InChI is InChI=1S/C17H21NO3/c1-11(2)15-8-7-12(3)16(17(15)19)10-13-5-4-6-14(9-13)18(20)21/h4-6,9-12,15H,7-8H2,1-3H3/b16-10+/t12-,15-/m1/s1. The molecule has 0 saturated heterocycles. The van der Waals surface area contributed by atoms with E-state index >= 15 is 0 Å². The van der Waals surface area contributed by atoms with E-state index in [0.29, 0.717) is 5.92 Å². The number of benzene rings is 1. The Morgan fingerprint density at radius 3 is 2.67 bits per heavy atom. The number of non-ortho nitro benzene ring substituents is 1. The molecule has 0 bridgehead atoms. The highest BCUT2D eigenvalue weighted by molar-refractivity contribution is 6.02. The molecule has 1 aromatic rings. The van der Waals surface area contributed by atoms with E-state index in [0.717, 1.165) is 24.0 Å². The Morgan fingerprint density at radius 2 is 2.05 bits per heavy atom. The highest BCUT2D eigenvalue weighted by atomic mass is 16.6. The molecular weight excluding hydrogens is 266 g/mol. The van der Waals surface area contributed by atoms with Crippen LogP contribution in [0.2, 0.25) is 0 Å². The molecule has 2 rings (SSSR count). The Labute approximate surface area is 125 Å². The third kappa shape index (κ3) is 3.38. The lowest BCUT2D eigenvalue weighted by Crippen LogP contribution is -2.30. The fourth-order valence-corrected chi connectivity index (χ4v) is 2.93. The molecule has 1 aliphatic carbocycles. The summed E-state index contributed by atoms with van der Waals surface area (Å²) in [7, 11) is 0. The number of carbonyl (C=O) groups is 1. The van der Waals surface area contributed by atoms with Crippen LogP contribution >= 0.6 is 0 Å². The zero-order valence-corrected chi connectivity index (χ0v) is 12.7. The largest absolute Gasteiger partial charge is 0.294 e. The van der Waals surface area contributed by atoms with Gasteiger partial charge >= 0.3 is 0 Å². The minimum atomic E-state index is -0.412. The molecule has 0 aromatic heterocycles. The van der Waals surface area contributed by atoms with Crippen LogP contribution in [0.1, 0.15) is 39.2 Å². The van der Waals surface area contributed by atoms with E-state index in [4.69, 9.17) is 0 Å². The molecule has 0 spiro atoms. The van der Waals surface area contributed by atoms with Crippen molar-refractivity contribution in [1.29, 1.82) is 0 Å². The van der Waals surface area contributed by atoms with Gasteiger partial charge in [-0.05, 0) is 41.9 Å². The lowest BCUT2D eigenvalue weighted by Gasteiger charge is -2.30. The summed E-state index contributed by atoms with van der Waals surface area (Å²) >= 11 is 0. The topological polar surface area (TPSA) is 60.2 Å². The lowest BCUT2D eigenvalue weighted by atomic mass is 9.73. The molecule has 1 aliphatic rings. The first kappa shape index (κ1) is 15.4. The van der Waals surface area contributed by atoms with E-state index in [1.165, 1.54) is 12.1 Å². The van der Waals surface area contributed by atoms with Crippen molar-refractivity contribution in [3.63, 3.8) is 0 Å². The van der Waals surface area contributed by atoms with Gasteiger partial charge in [-0.25, -0.2) is 0 Å². The number of nitro benzene ring substituents is 1. The molecule has 0 unspecified atom stereocenters. The summed E-state index contributed by atoms with van der Waals surface area (Å²) in [5.41, 5.74) is 1.59. The lowest BCUT2D eigenvalue weighted by molar-refractivity contribution is -0.384. The summed E-state index contributed by atoms with van der Waals surface area (Å²) in [6.45, 7) is 6.20. The molecule has 0 aliphatic heterocycles. The van der Waals surface area contributed by atoms with E-state index < -0.39 is 4.92 Å². The summed E-state index contributed by atoms with van der Waals surface area (Å²) < 4.78 is 0. The Balaban J connectivity index is 2.35. The SMILES string of the molecule is CC(C)[C@H]1CC[C@@H](C)/C(=C\c2cccc([N+](=O)[O-])c2)C1=O. The van der Waals surface area contributed by atoms with Crippen molar-refractivity contribution >= 4 is 17.5 Å². The van der Waals surface area contributed by atoms with Crippen molar-refractivity contribution in [2.45, 2.75) is 33.6 Å². The summed E-state index contributed by atoms with van der Waals surface area (Å²) in [5.74, 6) is 0.826. The fraction of sp³-hybridized carbons (Fsp3) is 0.471. The number of rotatable bonds is 3. The van der Waals surface area contributed by atoms with Crippen LogP contribution in [-0.2, 0) is 4.79 Å². The van der Waals surface area contributed by atoms with Crippen molar-refractivity contribution in [2.24, 2.45) is 17.8 Å². The summed E-state index contributed by atoms with van der Waals surface area (Å²) in [6, 6.07) is 6.44. The molecule has 2 atom stereocenters. The van der Waals surface area contributed by atoms with E-state index in [1.54, 1.807) is 12.1 Å². The molecule has 4 nitrogen and oxygen atoms in total. The molecule has 112 valence electrons. The molecule has 0 heterocycles. The normalized spacial score (nSPS) is 24.6. The van der Waals surface area contributed by atoms with Crippen molar-refractivity contribution in [1.82, 2.24) is 0 Å².